The molecule has 3 rings (SSSR count). The van der Waals surface area contributed by atoms with Crippen molar-refractivity contribution in [1.29, 1.82) is 0 Å². The van der Waals surface area contributed by atoms with Gasteiger partial charge in [0.1, 0.15) is 12.4 Å². The van der Waals surface area contributed by atoms with Crippen LogP contribution in [0.15, 0.2) is 36.4 Å². The number of hydrogen-bond acceptors (Lipinski definition) is 3. The Morgan fingerprint density at radius 2 is 2.00 bits per heavy atom. The Kier molecular flexibility index (Phi) is 5.41. The molecule has 2 saturated heterocycles. The molecule has 24 heavy (non-hydrogen) atoms. The number of hydrogen-bond donors (Lipinski definition) is 1. The van der Waals surface area contributed by atoms with Crippen molar-refractivity contribution < 1.29 is 9.53 Å². The molecule has 0 radical (unpaired) electrons. The summed E-state index contributed by atoms with van der Waals surface area (Å²) in [5.74, 6) is 0.785. The van der Waals surface area contributed by atoms with Crippen molar-refractivity contribution in [3.8, 4) is 5.75 Å². The zero-order chi connectivity index (χ0) is 16.9. The highest BCUT2D eigenvalue weighted by atomic mass is 16.5. The molecule has 2 heterocycles. The number of fused-ring (bicyclic) bond motifs is 1. The fourth-order valence-electron chi connectivity index (χ4n) is 3.43. The maximum Gasteiger partial charge on any atom is 0.321 e. The lowest BCUT2D eigenvalue weighted by molar-refractivity contribution is 0.200. The number of carbonyl (C=O) groups excluding carboxylic acids is 1. The molecule has 2 fully saturated rings. The average Bonchev–Trinajstić information content (AvgIpc) is 2.91. The molecule has 0 aromatic heterocycles. The lowest BCUT2D eigenvalue weighted by atomic mass is 10.2. The fraction of sp³-hybridized carbons (Fsp3) is 0.526. The molecule has 1 N–H and O–H groups in total. The molecule has 5 heteroatoms. The van der Waals surface area contributed by atoms with E-state index in [0.29, 0.717) is 12.6 Å². The number of benzene rings is 1. The van der Waals surface area contributed by atoms with Gasteiger partial charge < -0.3 is 15.0 Å². The van der Waals surface area contributed by atoms with E-state index in [0.717, 1.165) is 43.1 Å². The first-order valence-corrected chi connectivity index (χ1v) is 8.79. The second-order valence-electron chi connectivity index (χ2n) is 6.83. The van der Waals surface area contributed by atoms with Gasteiger partial charge in [0.25, 0.3) is 0 Å². The van der Waals surface area contributed by atoms with Crippen molar-refractivity contribution in [3.63, 3.8) is 0 Å². The second-order valence-corrected chi connectivity index (χ2v) is 6.83. The van der Waals surface area contributed by atoms with Gasteiger partial charge in [0.05, 0.1) is 0 Å². The van der Waals surface area contributed by atoms with Crippen LogP contribution in [-0.4, -0.2) is 54.7 Å². The number of amides is 2. The lowest BCUT2D eigenvalue weighted by Gasteiger charge is -2.25. The van der Waals surface area contributed by atoms with Crippen LogP contribution in [0, 0.1) is 0 Å². The molecule has 0 bridgehead atoms. The Balaban J connectivity index is 1.54. The van der Waals surface area contributed by atoms with Crippen molar-refractivity contribution in [1.82, 2.24) is 9.80 Å². The maximum atomic E-state index is 12.6. The number of carbonyl (C=O) groups is 1. The summed E-state index contributed by atoms with van der Waals surface area (Å²) in [6, 6.07) is 8.05. The highest BCUT2D eigenvalue weighted by Gasteiger charge is 2.30. The van der Waals surface area contributed by atoms with E-state index < -0.39 is 0 Å². The van der Waals surface area contributed by atoms with Gasteiger partial charge in [0.2, 0.25) is 0 Å². The quantitative estimate of drug-likeness (QED) is 0.862. The number of urea groups is 1. The number of nitrogens with zero attached hydrogens (tertiary/aromatic N) is 2. The van der Waals surface area contributed by atoms with Gasteiger partial charge in [0, 0.05) is 31.4 Å². The SMILES string of the molecule is C=C(C)COc1ccc(NC(=O)N2CCCN3CCCC3C2)cc1. The van der Waals surface area contributed by atoms with Crippen LogP contribution in [0.2, 0.25) is 0 Å². The first kappa shape index (κ1) is 16.8. The van der Waals surface area contributed by atoms with Crippen molar-refractivity contribution in [3.05, 3.63) is 36.4 Å². The minimum Gasteiger partial charge on any atom is -0.489 e. The molecule has 130 valence electrons. The number of ether oxygens (including phenoxy) is 1. The summed E-state index contributed by atoms with van der Waals surface area (Å²) >= 11 is 0. The third-order valence-corrected chi connectivity index (χ3v) is 4.68. The van der Waals surface area contributed by atoms with E-state index in [4.69, 9.17) is 4.74 Å². The molecule has 1 unspecified atom stereocenters. The zero-order valence-electron chi connectivity index (χ0n) is 14.5. The standard InChI is InChI=1S/C19H27N3O2/c1-15(2)14-24-18-8-6-16(7-9-18)20-19(23)22-12-4-11-21-10-3-5-17(21)13-22/h6-9,17H,1,3-5,10-14H2,2H3,(H,20,23). The van der Waals surface area contributed by atoms with E-state index in [-0.39, 0.29) is 6.03 Å². The number of rotatable bonds is 4. The Labute approximate surface area is 144 Å². The number of nitrogens with one attached hydrogen (secondary N) is 1. The molecule has 1 atom stereocenters. The van der Waals surface area contributed by atoms with Crippen LogP contribution in [0.25, 0.3) is 0 Å². The monoisotopic (exact) mass is 329 g/mol. The van der Waals surface area contributed by atoms with Gasteiger partial charge in [-0.15, -0.1) is 0 Å². The predicted molar refractivity (Wildman–Crippen MR) is 96.6 cm³/mol. The van der Waals surface area contributed by atoms with Gasteiger partial charge in [-0.05, 0) is 62.6 Å². The van der Waals surface area contributed by atoms with Gasteiger partial charge >= 0.3 is 6.03 Å². The van der Waals surface area contributed by atoms with Crippen molar-refractivity contribution >= 4 is 11.7 Å². The summed E-state index contributed by atoms with van der Waals surface area (Å²) in [5, 5.41) is 3.01. The summed E-state index contributed by atoms with van der Waals surface area (Å²) in [6.07, 6.45) is 3.52. The Bertz CT molecular complexity index is 585. The molecule has 1 aromatic rings. The van der Waals surface area contributed by atoms with Crippen LogP contribution < -0.4 is 10.1 Å². The second kappa shape index (κ2) is 7.71. The van der Waals surface area contributed by atoms with E-state index in [1.807, 2.05) is 36.1 Å². The minimum atomic E-state index is -0.000598. The van der Waals surface area contributed by atoms with Crippen molar-refractivity contribution in [2.45, 2.75) is 32.2 Å². The van der Waals surface area contributed by atoms with E-state index in [1.54, 1.807) is 0 Å². The summed E-state index contributed by atoms with van der Waals surface area (Å²) in [6.45, 7) is 10.2. The van der Waals surface area contributed by atoms with Gasteiger partial charge in [-0.2, -0.15) is 0 Å². The van der Waals surface area contributed by atoms with E-state index in [9.17, 15) is 4.79 Å². The predicted octanol–water partition coefficient (Wildman–Crippen LogP) is 3.34. The molecular weight excluding hydrogens is 302 g/mol. The van der Waals surface area contributed by atoms with E-state index >= 15 is 0 Å². The fourth-order valence-corrected chi connectivity index (χ4v) is 3.43. The average molecular weight is 329 g/mol. The van der Waals surface area contributed by atoms with Gasteiger partial charge in [-0.25, -0.2) is 4.79 Å². The van der Waals surface area contributed by atoms with Gasteiger partial charge in [0.15, 0.2) is 0 Å². The number of anilines is 1. The van der Waals surface area contributed by atoms with Crippen LogP contribution in [0.5, 0.6) is 5.75 Å². The highest BCUT2D eigenvalue weighted by molar-refractivity contribution is 5.89. The Hall–Kier alpha value is -2.01. The smallest absolute Gasteiger partial charge is 0.321 e. The third-order valence-electron chi connectivity index (χ3n) is 4.68. The first-order chi connectivity index (χ1) is 11.6. The molecule has 0 saturated carbocycles. The van der Waals surface area contributed by atoms with Gasteiger partial charge in [-0.1, -0.05) is 6.58 Å². The summed E-state index contributed by atoms with van der Waals surface area (Å²) in [7, 11) is 0. The molecule has 2 aliphatic rings. The normalized spacial score (nSPS) is 21.0. The lowest BCUT2D eigenvalue weighted by Crippen LogP contribution is -2.41. The van der Waals surface area contributed by atoms with E-state index in [2.05, 4.69) is 16.8 Å². The van der Waals surface area contributed by atoms with Crippen LogP contribution >= 0.6 is 0 Å². The largest absolute Gasteiger partial charge is 0.489 e. The van der Waals surface area contributed by atoms with Crippen LogP contribution in [-0.2, 0) is 0 Å². The molecular formula is C19H27N3O2. The first-order valence-electron chi connectivity index (χ1n) is 8.79. The van der Waals surface area contributed by atoms with Gasteiger partial charge in [-0.3, -0.25) is 4.90 Å². The highest BCUT2D eigenvalue weighted by Crippen LogP contribution is 2.22. The van der Waals surface area contributed by atoms with Crippen LogP contribution in [0.3, 0.4) is 0 Å². The molecule has 1 aromatic carbocycles. The summed E-state index contributed by atoms with van der Waals surface area (Å²) < 4.78 is 5.58. The Morgan fingerprint density at radius 1 is 1.25 bits per heavy atom. The zero-order valence-corrected chi connectivity index (χ0v) is 14.5. The molecule has 2 amide bonds. The maximum absolute atomic E-state index is 12.6. The van der Waals surface area contributed by atoms with Crippen LogP contribution in [0.4, 0.5) is 10.5 Å². The summed E-state index contributed by atoms with van der Waals surface area (Å²) in [5.41, 5.74) is 1.78. The molecule has 0 spiro atoms. The third kappa shape index (κ3) is 4.29. The molecule has 2 aliphatic heterocycles. The molecule has 0 aliphatic carbocycles. The topological polar surface area (TPSA) is 44.8 Å². The van der Waals surface area contributed by atoms with E-state index in [1.165, 1.54) is 19.4 Å². The van der Waals surface area contributed by atoms with Crippen molar-refractivity contribution in [2.24, 2.45) is 0 Å². The molecule has 5 nitrogen and oxygen atoms in total. The minimum absolute atomic E-state index is 0.000598. The van der Waals surface area contributed by atoms with Crippen molar-refractivity contribution in [2.75, 3.05) is 38.1 Å². The van der Waals surface area contributed by atoms with Crippen LogP contribution in [0.1, 0.15) is 26.2 Å². The Morgan fingerprint density at radius 3 is 2.75 bits per heavy atom. The summed E-state index contributed by atoms with van der Waals surface area (Å²) in [4.78, 5) is 17.1.